The standard InChI is InChI=1S/C19H27F2N5O2/c1-13(2)26-11-14(9-22-26)10-25-5-3-4-18(12-25)8-16(24-28-18)17(27)23-15-6-19(20,21)7-15/h9,11,13,15H,3-8,10,12H2,1-2H3,(H,23,27)/t18-/m1/s1. The third-order valence-corrected chi connectivity index (χ3v) is 5.74. The van der Waals surface area contributed by atoms with Gasteiger partial charge in [0.15, 0.2) is 5.60 Å². The van der Waals surface area contributed by atoms with E-state index in [1.54, 1.807) is 0 Å². The second-order valence-corrected chi connectivity index (χ2v) is 8.66. The number of nitrogens with zero attached hydrogens (tertiary/aromatic N) is 4. The van der Waals surface area contributed by atoms with E-state index in [9.17, 15) is 13.6 Å². The largest absolute Gasteiger partial charge is 0.387 e. The highest BCUT2D eigenvalue weighted by molar-refractivity contribution is 6.39. The summed E-state index contributed by atoms with van der Waals surface area (Å²) >= 11 is 0. The van der Waals surface area contributed by atoms with Crippen molar-refractivity contribution in [3.05, 3.63) is 18.0 Å². The van der Waals surface area contributed by atoms with Gasteiger partial charge in [-0.1, -0.05) is 5.16 Å². The molecule has 1 saturated heterocycles. The summed E-state index contributed by atoms with van der Waals surface area (Å²) in [5.74, 6) is -3.03. The minimum absolute atomic E-state index is 0.296. The molecule has 9 heteroatoms. The average Bonchev–Trinajstić information content (AvgIpc) is 3.21. The SMILES string of the molecule is CC(C)n1cc(CN2CCC[C@@]3(CC(C(=O)NC4CC(F)(F)C4)=NO3)C2)cn1. The van der Waals surface area contributed by atoms with Gasteiger partial charge in [-0.2, -0.15) is 5.10 Å². The second-order valence-electron chi connectivity index (χ2n) is 8.66. The maximum atomic E-state index is 13.0. The summed E-state index contributed by atoms with van der Waals surface area (Å²) in [7, 11) is 0. The molecular formula is C19H27F2N5O2. The lowest BCUT2D eigenvalue weighted by atomic mass is 9.86. The Labute approximate surface area is 163 Å². The zero-order valence-electron chi connectivity index (χ0n) is 16.3. The summed E-state index contributed by atoms with van der Waals surface area (Å²) in [4.78, 5) is 20.4. The van der Waals surface area contributed by atoms with Crippen LogP contribution in [-0.4, -0.2) is 57.0 Å². The highest BCUT2D eigenvalue weighted by atomic mass is 19.3. The highest BCUT2D eigenvalue weighted by Gasteiger charge is 2.48. The first kappa shape index (κ1) is 19.3. The molecular weight excluding hydrogens is 368 g/mol. The smallest absolute Gasteiger partial charge is 0.269 e. The lowest BCUT2D eigenvalue weighted by Crippen LogP contribution is -2.53. The molecule has 0 unspecified atom stereocenters. The normalized spacial score (nSPS) is 27.5. The molecule has 0 aromatic carbocycles. The van der Waals surface area contributed by atoms with Crippen molar-refractivity contribution in [2.75, 3.05) is 13.1 Å². The molecule has 1 amide bonds. The van der Waals surface area contributed by atoms with Crippen molar-refractivity contribution in [1.29, 1.82) is 0 Å². The fraction of sp³-hybridized carbons (Fsp3) is 0.737. The van der Waals surface area contributed by atoms with Crippen LogP contribution in [0.1, 0.15) is 57.6 Å². The summed E-state index contributed by atoms with van der Waals surface area (Å²) in [5.41, 5.74) is 0.959. The Morgan fingerprint density at radius 2 is 2.21 bits per heavy atom. The van der Waals surface area contributed by atoms with Crippen molar-refractivity contribution < 1.29 is 18.4 Å². The number of carbonyl (C=O) groups excluding carboxylic acids is 1. The van der Waals surface area contributed by atoms with Crippen LogP contribution in [0.15, 0.2) is 17.5 Å². The van der Waals surface area contributed by atoms with Crippen LogP contribution in [0.3, 0.4) is 0 Å². The number of alkyl halides is 2. The number of oxime groups is 1. The number of amides is 1. The van der Waals surface area contributed by atoms with Crippen molar-refractivity contribution >= 4 is 11.6 Å². The number of halogens is 2. The Morgan fingerprint density at radius 3 is 2.89 bits per heavy atom. The van der Waals surface area contributed by atoms with Crippen LogP contribution in [0.25, 0.3) is 0 Å². The van der Waals surface area contributed by atoms with Gasteiger partial charge in [0.2, 0.25) is 0 Å². The first-order valence-electron chi connectivity index (χ1n) is 9.93. The number of hydrogen-bond donors (Lipinski definition) is 1. The molecule has 0 bridgehead atoms. The number of likely N-dealkylation sites (tertiary alicyclic amines) is 1. The molecule has 2 fully saturated rings. The fourth-order valence-corrected chi connectivity index (χ4v) is 4.22. The molecule has 1 aromatic rings. The van der Waals surface area contributed by atoms with E-state index in [0.29, 0.717) is 24.7 Å². The maximum absolute atomic E-state index is 13.0. The molecule has 2 aliphatic heterocycles. The molecule has 7 nitrogen and oxygen atoms in total. The van der Waals surface area contributed by atoms with Crippen LogP contribution in [0.5, 0.6) is 0 Å². The second kappa shape index (κ2) is 7.09. The van der Waals surface area contributed by atoms with Gasteiger partial charge in [-0.15, -0.1) is 0 Å². The minimum atomic E-state index is -2.65. The number of carbonyl (C=O) groups is 1. The van der Waals surface area contributed by atoms with Crippen LogP contribution in [-0.2, 0) is 16.2 Å². The van der Waals surface area contributed by atoms with Gasteiger partial charge in [0.25, 0.3) is 11.8 Å². The van der Waals surface area contributed by atoms with Gasteiger partial charge in [-0.05, 0) is 33.2 Å². The summed E-state index contributed by atoms with van der Waals surface area (Å²) in [6.45, 7) is 6.59. The van der Waals surface area contributed by atoms with Crippen molar-refractivity contribution in [3.8, 4) is 0 Å². The first-order chi connectivity index (χ1) is 13.2. The predicted molar refractivity (Wildman–Crippen MR) is 99.1 cm³/mol. The summed E-state index contributed by atoms with van der Waals surface area (Å²) in [6.07, 6.45) is 5.56. The van der Waals surface area contributed by atoms with E-state index in [0.717, 1.165) is 31.5 Å². The van der Waals surface area contributed by atoms with Crippen molar-refractivity contribution in [2.45, 2.75) is 76.1 Å². The monoisotopic (exact) mass is 395 g/mol. The predicted octanol–water partition coefficient (Wildman–Crippen LogP) is 2.49. The first-order valence-corrected chi connectivity index (χ1v) is 9.93. The van der Waals surface area contributed by atoms with Crippen LogP contribution in [0.4, 0.5) is 8.78 Å². The van der Waals surface area contributed by atoms with E-state index in [1.165, 1.54) is 0 Å². The molecule has 1 saturated carbocycles. The van der Waals surface area contributed by atoms with Gasteiger partial charge in [-0.3, -0.25) is 14.4 Å². The molecule has 28 heavy (non-hydrogen) atoms. The maximum Gasteiger partial charge on any atom is 0.269 e. The Bertz CT molecular complexity index is 770. The topological polar surface area (TPSA) is 71.8 Å². The van der Waals surface area contributed by atoms with E-state index < -0.39 is 17.6 Å². The van der Waals surface area contributed by atoms with Gasteiger partial charge in [0, 0.05) is 56.2 Å². The van der Waals surface area contributed by atoms with Crippen LogP contribution in [0.2, 0.25) is 0 Å². The molecule has 1 N–H and O–H groups in total. The molecule has 1 atom stereocenters. The van der Waals surface area contributed by atoms with Crippen molar-refractivity contribution in [3.63, 3.8) is 0 Å². The molecule has 3 heterocycles. The Morgan fingerprint density at radius 1 is 1.43 bits per heavy atom. The highest BCUT2D eigenvalue weighted by Crippen LogP contribution is 2.38. The number of rotatable bonds is 5. The van der Waals surface area contributed by atoms with E-state index >= 15 is 0 Å². The fourth-order valence-electron chi connectivity index (χ4n) is 4.22. The van der Waals surface area contributed by atoms with E-state index in [1.807, 2.05) is 10.9 Å². The summed E-state index contributed by atoms with van der Waals surface area (Å²) in [6, 6.07) is -0.146. The number of hydrogen-bond acceptors (Lipinski definition) is 5. The van der Waals surface area contributed by atoms with Crippen LogP contribution >= 0.6 is 0 Å². The lowest BCUT2D eigenvalue weighted by molar-refractivity contribution is -0.123. The molecule has 1 aromatic heterocycles. The summed E-state index contributed by atoms with van der Waals surface area (Å²) in [5, 5.41) is 11.0. The molecule has 1 aliphatic carbocycles. The van der Waals surface area contributed by atoms with Gasteiger partial charge in [0.05, 0.1) is 6.20 Å². The van der Waals surface area contributed by atoms with E-state index in [4.69, 9.17) is 4.84 Å². The minimum Gasteiger partial charge on any atom is -0.387 e. The Balaban J connectivity index is 1.31. The third-order valence-electron chi connectivity index (χ3n) is 5.74. The summed E-state index contributed by atoms with van der Waals surface area (Å²) < 4.78 is 27.8. The molecule has 0 radical (unpaired) electrons. The van der Waals surface area contributed by atoms with Crippen molar-refractivity contribution in [2.24, 2.45) is 5.16 Å². The van der Waals surface area contributed by atoms with Crippen LogP contribution < -0.4 is 5.32 Å². The van der Waals surface area contributed by atoms with Gasteiger partial charge in [0.1, 0.15) is 5.71 Å². The zero-order chi connectivity index (χ0) is 19.9. The molecule has 3 aliphatic rings. The number of piperidine rings is 1. The van der Waals surface area contributed by atoms with Gasteiger partial charge >= 0.3 is 0 Å². The third kappa shape index (κ3) is 4.04. The van der Waals surface area contributed by atoms with Gasteiger partial charge < -0.3 is 10.2 Å². The zero-order valence-corrected chi connectivity index (χ0v) is 16.3. The van der Waals surface area contributed by atoms with Gasteiger partial charge in [-0.25, -0.2) is 8.78 Å². The number of nitrogens with one attached hydrogen (secondary N) is 1. The quantitative estimate of drug-likeness (QED) is 0.832. The Kier molecular flexibility index (Phi) is 4.89. The molecule has 4 rings (SSSR count). The average molecular weight is 395 g/mol. The molecule has 154 valence electrons. The Hall–Kier alpha value is -2.03. The van der Waals surface area contributed by atoms with E-state index in [2.05, 4.69) is 40.5 Å². The van der Waals surface area contributed by atoms with Crippen LogP contribution in [0, 0.1) is 0 Å². The van der Waals surface area contributed by atoms with E-state index in [-0.39, 0.29) is 18.7 Å². The van der Waals surface area contributed by atoms with Crippen molar-refractivity contribution in [1.82, 2.24) is 20.0 Å². The number of aromatic nitrogens is 2. The lowest BCUT2D eigenvalue weighted by Gasteiger charge is -2.38. The molecule has 1 spiro atoms.